The van der Waals surface area contributed by atoms with Crippen LogP contribution in [0.1, 0.15) is 25.7 Å². The molecule has 2 nitrogen and oxygen atoms in total. The van der Waals surface area contributed by atoms with Gasteiger partial charge in [0.1, 0.15) is 0 Å². The van der Waals surface area contributed by atoms with Crippen LogP contribution in [-0.4, -0.2) is 9.55 Å². The van der Waals surface area contributed by atoms with E-state index >= 15 is 0 Å². The van der Waals surface area contributed by atoms with Crippen molar-refractivity contribution in [2.75, 3.05) is 0 Å². The molecule has 2 aromatic rings. The zero-order valence-electron chi connectivity index (χ0n) is 8.66. The summed E-state index contributed by atoms with van der Waals surface area (Å²) in [6, 6.07) is 5.93. The van der Waals surface area contributed by atoms with Crippen LogP contribution in [0.3, 0.4) is 0 Å². The maximum atomic E-state index is 5.90. The minimum Gasteiger partial charge on any atom is -0.315 e. The molecule has 2 rings (SSSR count). The summed E-state index contributed by atoms with van der Waals surface area (Å²) in [6.45, 7) is 4.16. The third kappa shape index (κ3) is 1.60. The fourth-order valence-electron chi connectivity index (χ4n) is 1.70. The van der Waals surface area contributed by atoms with Crippen molar-refractivity contribution in [2.45, 2.75) is 19.9 Å². The molecule has 0 bridgehead atoms. The molecular formula is C12H11ClN2. The third-order valence-electron chi connectivity index (χ3n) is 2.30. The standard InChI is InChI=1S/C12H11ClN2/c1-4-12-14-10-7-9(13)5-6-11(10)15(12)8(2)3/h1,5-8H,2-3H3. The average molecular weight is 219 g/mol. The number of aromatic nitrogens is 2. The highest BCUT2D eigenvalue weighted by molar-refractivity contribution is 6.31. The molecule has 15 heavy (non-hydrogen) atoms. The zero-order chi connectivity index (χ0) is 11.0. The molecule has 0 saturated heterocycles. The number of rotatable bonds is 1. The molecule has 0 unspecified atom stereocenters. The maximum absolute atomic E-state index is 5.90. The molecule has 0 aliphatic heterocycles. The van der Waals surface area contributed by atoms with E-state index in [1.165, 1.54) is 0 Å². The molecule has 1 aromatic heterocycles. The highest BCUT2D eigenvalue weighted by Gasteiger charge is 2.11. The van der Waals surface area contributed by atoms with Gasteiger partial charge in [-0.15, -0.1) is 6.42 Å². The van der Waals surface area contributed by atoms with E-state index in [9.17, 15) is 0 Å². The molecule has 3 heteroatoms. The van der Waals surface area contributed by atoms with Crippen LogP contribution in [0, 0.1) is 12.3 Å². The first kappa shape index (κ1) is 10.1. The molecule has 0 amide bonds. The van der Waals surface area contributed by atoms with E-state index in [1.54, 1.807) is 0 Å². The Hall–Kier alpha value is -1.46. The normalized spacial score (nSPS) is 10.9. The lowest BCUT2D eigenvalue weighted by Crippen LogP contribution is -2.03. The number of hydrogen-bond acceptors (Lipinski definition) is 1. The molecule has 0 fully saturated rings. The fraction of sp³-hybridized carbons (Fsp3) is 0.250. The van der Waals surface area contributed by atoms with Gasteiger partial charge in [-0.1, -0.05) is 11.6 Å². The van der Waals surface area contributed by atoms with Gasteiger partial charge in [-0.2, -0.15) is 0 Å². The number of fused-ring (bicyclic) bond motifs is 1. The summed E-state index contributed by atoms with van der Waals surface area (Å²) in [6.07, 6.45) is 5.42. The van der Waals surface area contributed by atoms with Crippen LogP contribution in [0.2, 0.25) is 5.02 Å². The molecule has 0 aliphatic rings. The van der Waals surface area contributed by atoms with Gasteiger partial charge < -0.3 is 4.57 Å². The van der Waals surface area contributed by atoms with Gasteiger partial charge in [-0.05, 0) is 38.0 Å². The van der Waals surface area contributed by atoms with Crippen LogP contribution in [0.15, 0.2) is 18.2 Å². The molecule has 76 valence electrons. The first-order valence-electron chi connectivity index (χ1n) is 4.77. The molecule has 0 aliphatic carbocycles. The van der Waals surface area contributed by atoms with E-state index in [2.05, 4.69) is 24.8 Å². The lowest BCUT2D eigenvalue weighted by molar-refractivity contribution is 0.611. The molecule has 0 N–H and O–H groups in total. The molecule has 0 spiro atoms. The van der Waals surface area contributed by atoms with Gasteiger partial charge in [0, 0.05) is 11.1 Å². The van der Waals surface area contributed by atoms with Crippen LogP contribution in [0.5, 0.6) is 0 Å². The largest absolute Gasteiger partial charge is 0.315 e. The van der Waals surface area contributed by atoms with Gasteiger partial charge in [0.05, 0.1) is 11.0 Å². The number of imidazole rings is 1. The fourth-order valence-corrected chi connectivity index (χ4v) is 1.86. The predicted octanol–water partition coefficient (Wildman–Crippen LogP) is 3.25. The molecule has 1 heterocycles. The Morgan fingerprint density at radius 3 is 2.80 bits per heavy atom. The second-order valence-electron chi connectivity index (χ2n) is 3.68. The molecule has 0 saturated carbocycles. The minimum absolute atomic E-state index is 0.294. The van der Waals surface area contributed by atoms with Crippen molar-refractivity contribution in [3.63, 3.8) is 0 Å². The van der Waals surface area contributed by atoms with Crippen molar-refractivity contribution < 1.29 is 0 Å². The Labute approximate surface area is 93.9 Å². The van der Waals surface area contributed by atoms with Crippen LogP contribution < -0.4 is 0 Å². The maximum Gasteiger partial charge on any atom is 0.186 e. The Morgan fingerprint density at radius 2 is 2.20 bits per heavy atom. The Balaban J connectivity index is 2.82. The van der Waals surface area contributed by atoms with Gasteiger partial charge >= 0.3 is 0 Å². The zero-order valence-corrected chi connectivity index (χ0v) is 9.42. The van der Waals surface area contributed by atoms with Gasteiger partial charge in [-0.3, -0.25) is 0 Å². The van der Waals surface area contributed by atoms with E-state index in [0.29, 0.717) is 16.9 Å². The van der Waals surface area contributed by atoms with Gasteiger partial charge in [0.15, 0.2) is 5.82 Å². The lowest BCUT2D eigenvalue weighted by atomic mass is 10.3. The molecule has 0 radical (unpaired) electrons. The SMILES string of the molecule is C#Cc1nc2cc(Cl)ccc2n1C(C)C. The highest BCUT2D eigenvalue weighted by Crippen LogP contribution is 2.23. The van der Waals surface area contributed by atoms with Gasteiger partial charge in [0.2, 0.25) is 0 Å². The Bertz CT molecular complexity index is 546. The Kier molecular flexibility index (Phi) is 2.42. The smallest absolute Gasteiger partial charge is 0.186 e. The molecular weight excluding hydrogens is 208 g/mol. The van der Waals surface area contributed by atoms with Crippen LogP contribution >= 0.6 is 11.6 Å². The second-order valence-corrected chi connectivity index (χ2v) is 4.11. The van der Waals surface area contributed by atoms with Crippen molar-refractivity contribution >= 4 is 22.6 Å². The molecule has 0 atom stereocenters. The first-order chi connectivity index (χ1) is 7.13. The molecule has 1 aromatic carbocycles. The predicted molar refractivity (Wildman–Crippen MR) is 63.1 cm³/mol. The van der Waals surface area contributed by atoms with Gasteiger partial charge in [0.25, 0.3) is 0 Å². The monoisotopic (exact) mass is 218 g/mol. The van der Waals surface area contributed by atoms with Crippen molar-refractivity contribution in [1.29, 1.82) is 0 Å². The van der Waals surface area contributed by atoms with E-state index in [4.69, 9.17) is 18.0 Å². The van der Waals surface area contributed by atoms with Crippen molar-refractivity contribution in [3.05, 3.63) is 29.0 Å². The summed E-state index contributed by atoms with van der Waals surface area (Å²) < 4.78 is 2.03. The van der Waals surface area contributed by atoms with E-state index in [1.807, 2.05) is 22.8 Å². The van der Waals surface area contributed by atoms with Crippen molar-refractivity contribution in [3.8, 4) is 12.3 Å². The average Bonchev–Trinajstić information content (AvgIpc) is 2.54. The number of hydrogen-bond donors (Lipinski definition) is 0. The Morgan fingerprint density at radius 1 is 1.47 bits per heavy atom. The van der Waals surface area contributed by atoms with Crippen LogP contribution in [-0.2, 0) is 0 Å². The quantitative estimate of drug-likeness (QED) is 0.672. The summed E-state index contributed by atoms with van der Waals surface area (Å²) in [7, 11) is 0. The summed E-state index contributed by atoms with van der Waals surface area (Å²) in [5.41, 5.74) is 1.88. The topological polar surface area (TPSA) is 17.8 Å². The second kappa shape index (κ2) is 3.60. The summed E-state index contributed by atoms with van der Waals surface area (Å²) in [4.78, 5) is 4.36. The van der Waals surface area contributed by atoms with Crippen molar-refractivity contribution in [1.82, 2.24) is 9.55 Å². The van der Waals surface area contributed by atoms with Crippen LogP contribution in [0.4, 0.5) is 0 Å². The van der Waals surface area contributed by atoms with Gasteiger partial charge in [-0.25, -0.2) is 4.98 Å². The summed E-state index contributed by atoms with van der Waals surface area (Å²) >= 11 is 5.90. The van der Waals surface area contributed by atoms with E-state index in [0.717, 1.165) is 11.0 Å². The summed E-state index contributed by atoms with van der Waals surface area (Å²) in [5.74, 6) is 3.25. The lowest BCUT2D eigenvalue weighted by Gasteiger charge is -2.09. The van der Waals surface area contributed by atoms with E-state index in [-0.39, 0.29) is 0 Å². The minimum atomic E-state index is 0.294. The highest BCUT2D eigenvalue weighted by atomic mass is 35.5. The number of nitrogens with zero attached hydrogens (tertiary/aromatic N) is 2. The summed E-state index contributed by atoms with van der Waals surface area (Å²) in [5, 5.41) is 0.680. The number of benzene rings is 1. The first-order valence-corrected chi connectivity index (χ1v) is 5.15. The number of terminal acetylenes is 1. The van der Waals surface area contributed by atoms with E-state index < -0.39 is 0 Å². The van der Waals surface area contributed by atoms with Crippen LogP contribution in [0.25, 0.3) is 11.0 Å². The third-order valence-corrected chi connectivity index (χ3v) is 2.53. The number of halogens is 1. The van der Waals surface area contributed by atoms with Crippen molar-refractivity contribution in [2.24, 2.45) is 0 Å².